The van der Waals surface area contributed by atoms with Crippen LogP contribution in [-0.2, 0) is 4.79 Å². The summed E-state index contributed by atoms with van der Waals surface area (Å²) in [6.07, 6.45) is 41.7. The number of aliphatic hydroxyl groups is 4. The number of amides is 1. The topological polar surface area (TPSA) is 110 Å². The lowest BCUT2D eigenvalue weighted by atomic mass is 9.99. The second-order valence-corrected chi connectivity index (χ2v) is 12.2. The Bertz CT molecular complexity index is 860. The molecule has 0 aliphatic carbocycles. The van der Waals surface area contributed by atoms with Gasteiger partial charge in [0.05, 0.1) is 24.9 Å². The maximum atomic E-state index is 12.4. The van der Waals surface area contributed by atoms with E-state index in [4.69, 9.17) is 0 Å². The van der Waals surface area contributed by atoms with Crippen LogP contribution < -0.4 is 5.32 Å². The van der Waals surface area contributed by atoms with Crippen molar-refractivity contribution in [2.45, 2.75) is 167 Å². The molecule has 0 aliphatic rings. The number of aliphatic hydroxyl groups excluding tert-OH is 4. The van der Waals surface area contributed by atoms with Crippen LogP contribution >= 0.6 is 0 Å². The van der Waals surface area contributed by atoms with E-state index in [0.717, 1.165) is 51.4 Å². The van der Waals surface area contributed by atoms with Crippen LogP contribution in [0.25, 0.3) is 0 Å². The fourth-order valence-corrected chi connectivity index (χ4v) is 5.03. The van der Waals surface area contributed by atoms with Crippen LogP contribution in [0.1, 0.15) is 142 Å². The second-order valence-electron chi connectivity index (χ2n) is 12.2. The minimum absolute atomic E-state index is 0.0508. The van der Waals surface area contributed by atoms with E-state index in [1.807, 2.05) is 12.2 Å². The van der Waals surface area contributed by atoms with Gasteiger partial charge in [0.25, 0.3) is 0 Å². The highest BCUT2D eigenvalue weighted by Gasteiger charge is 2.27. The van der Waals surface area contributed by atoms with Gasteiger partial charge in [-0.25, -0.2) is 0 Å². The van der Waals surface area contributed by atoms with E-state index in [2.05, 4.69) is 67.8 Å². The van der Waals surface area contributed by atoms with E-state index in [0.29, 0.717) is 6.42 Å². The molecule has 6 heteroatoms. The Hall–Kier alpha value is -2.25. The molecule has 0 saturated carbocycles. The zero-order chi connectivity index (χ0) is 33.9. The largest absolute Gasteiger partial charge is 0.394 e. The van der Waals surface area contributed by atoms with Crippen molar-refractivity contribution < 1.29 is 25.2 Å². The smallest absolute Gasteiger partial charge is 0.220 e. The van der Waals surface area contributed by atoms with Gasteiger partial charge in [-0.3, -0.25) is 4.79 Å². The third-order valence-corrected chi connectivity index (χ3v) is 7.94. The van der Waals surface area contributed by atoms with Gasteiger partial charge in [-0.15, -0.1) is 0 Å². The molecule has 1 amide bonds. The van der Waals surface area contributed by atoms with Gasteiger partial charge in [0.15, 0.2) is 0 Å². The average Bonchev–Trinajstić information content (AvgIpc) is 3.06. The highest BCUT2D eigenvalue weighted by molar-refractivity contribution is 5.76. The number of carbonyl (C=O) groups excluding carboxylic acids is 1. The predicted octanol–water partition coefficient (Wildman–Crippen LogP) is 8.73. The summed E-state index contributed by atoms with van der Waals surface area (Å²) in [6.45, 7) is 3.92. The molecular weight excluding hydrogens is 574 g/mol. The van der Waals surface area contributed by atoms with Gasteiger partial charge in [0.1, 0.15) is 6.10 Å². The average molecular weight is 644 g/mol. The Morgan fingerprint density at radius 1 is 0.609 bits per heavy atom. The fourth-order valence-electron chi connectivity index (χ4n) is 5.03. The molecule has 264 valence electrons. The lowest BCUT2D eigenvalue weighted by Crippen LogP contribution is -2.50. The molecule has 0 rings (SSSR count). The molecule has 0 heterocycles. The van der Waals surface area contributed by atoms with Crippen LogP contribution in [0, 0.1) is 0 Å². The van der Waals surface area contributed by atoms with Crippen LogP contribution in [-0.4, -0.2) is 57.3 Å². The number of unbranched alkanes of at least 4 members (excludes halogenated alkanes) is 11. The van der Waals surface area contributed by atoms with Gasteiger partial charge in [0, 0.05) is 6.42 Å². The number of rotatable bonds is 31. The monoisotopic (exact) mass is 644 g/mol. The Balaban J connectivity index is 4.02. The van der Waals surface area contributed by atoms with Gasteiger partial charge in [-0.2, -0.15) is 0 Å². The van der Waals surface area contributed by atoms with Crippen LogP contribution in [0.15, 0.2) is 72.9 Å². The third-order valence-electron chi connectivity index (χ3n) is 7.94. The molecule has 0 spiro atoms. The van der Waals surface area contributed by atoms with Crippen molar-refractivity contribution in [1.82, 2.24) is 5.32 Å². The van der Waals surface area contributed by atoms with Crippen molar-refractivity contribution in [3.8, 4) is 0 Å². The molecule has 0 radical (unpaired) electrons. The van der Waals surface area contributed by atoms with Crippen LogP contribution in [0.5, 0.6) is 0 Å². The summed E-state index contributed by atoms with van der Waals surface area (Å²) in [6, 6.07) is -0.936. The molecule has 4 atom stereocenters. The lowest BCUT2D eigenvalue weighted by molar-refractivity contribution is -0.124. The normalized spacial score (nSPS) is 15.3. The van der Waals surface area contributed by atoms with Gasteiger partial charge < -0.3 is 25.7 Å². The number of hydrogen-bond donors (Lipinski definition) is 5. The Morgan fingerprint density at radius 2 is 1.09 bits per heavy atom. The van der Waals surface area contributed by atoms with Crippen molar-refractivity contribution >= 4 is 5.91 Å². The number of hydrogen-bond acceptors (Lipinski definition) is 5. The fraction of sp³-hybridized carbons (Fsp3) is 0.675. The minimum atomic E-state index is -1.23. The predicted molar refractivity (Wildman–Crippen MR) is 196 cm³/mol. The Labute approximate surface area is 282 Å². The molecular formula is C40H69NO5. The maximum absolute atomic E-state index is 12.4. The van der Waals surface area contributed by atoms with Crippen molar-refractivity contribution in [2.75, 3.05) is 6.61 Å². The molecule has 0 bridgehead atoms. The first-order chi connectivity index (χ1) is 22.5. The van der Waals surface area contributed by atoms with Crippen LogP contribution in [0.4, 0.5) is 0 Å². The zero-order valence-electron chi connectivity index (χ0n) is 29.3. The summed E-state index contributed by atoms with van der Waals surface area (Å²) in [5, 5.41) is 43.4. The van der Waals surface area contributed by atoms with Gasteiger partial charge in [-0.05, 0) is 44.9 Å². The van der Waals surface area contributed by atoms with Crippen LogP contribution in [0.2, 0.25) is 0 Å². The standard InChI is InChI=1S/C40H69NO5/c1-3-5-7-9-11-13-15-17-18-19-20-21-23-25-27-29-31-36(43)33-34-39(45)41-37(35-42)40(46)38(44)32-30-28-26-24-22-16-14-12-10-8-6-4-2/h5,7,11,13,17-18,20-21,25,27,29,31,36-38,40,42-44,46H,3-4,6,8-10,12,14-16,19,22-24,26,28,30,32-35H2,1-2H3,(H,41,45)/b7-5-,13-11-,18-17-,21-20-,27-25-,31-29-/t36?,37-,38?,40?/m0/s1. The number of carbonyl (C=O) groups is 1. The molecule has 3 unspecified atom stereocenters. The summed E-state index contributed by atoms with van der Waals surface area (Å²) >= 11 is 0. The SMILES string of the molecule is CC/C=C\C/C=C\C/C=C\C/C=C\C/C=C\C=C/C(O)CCC(=O)N[C@@H](CO)C(O)C(O)CCCCCCCCCCCCCC. The summed E-state index contributed by atoms with van der Waals surface area (Å²) in [4.78, 5) is 12.4. The zero-order valence-corrected chi connectivity index (χ0v) is 29.3. The van der Waals surface area contributed by atoms with Gasteiger partial charge in [0.2, 0.25) is 5.91 Å². The van der Waals surface area contributed by atoms with E-state index in [9.17, 15) is 25.2 Å². The highest BCUT2D eigenvalue weighted by atomic mass is 16.3. The first-order valence-corrected chi connectivity index (χ1v) is 18.3. The van der Waals surface area contributed by atoms with Gasteiger partial charge in [-0.1, -0.05) is 164 Å². The van der Waals surface area contributed by atoms with Crippen molar-refractivity contribution in [1.29, 1.82) is 0 Å². The minimum Gasteiger partial charge on any atom is -0.394 e. The van der Waals surface area contributed by atoms with Crippen molar-refractivity contribution in [3.63, 3.8) is 0 Å². The van der Waals surface area contributed by atoms with E-state index in [1.165, 1.54) is 57.8 Å². The van der Waals surface area contributed by atoms with Crippen molar-refractivity contribution in [2.24, 2.45) is 0 Å². The van der Waals surface area contributed by atoms with E-state index >= 15 is 0 Å². The third kappa shape index (κ3) is 29.2. The first kappa shape index (κ1) is 43.8. The van der Waals surface area contributed by atoms with Crippen molar-refractivity contribution in [3.05, 3.63) is 72.9 Å². The lowest BCUT2D eigenvalue weighted by Gasteiger charge is -2.26. The summed E-state index contributed by atoms with van der Waals surface area (Å²) < 4.78 is 0. The molecule has 0 aliphatic heterocycles. The van der Waals surface area contributed by atoms with E-state index < -0.39 is 31.0 Å². The van der Waals surface area contributed by atoms with Crippen LogP contribution in [0.3, 0.4) is 0 Å². The molecule has 5 N–H and O–H groups in total. The highest BCUT2D eigenvalue weighted by Crippen LogP contribution is 2.15. The molecule has 0 aromatic carbocycles. The van der Waals surface area contributed by atoms with E-state index in [-0.39, 0.29) is 18.7 Å². The summed E-state index contributed by atoms with van der Waals surface area (Å²) in [5.41, 5.74) is 0. The first-order valence-electron chi connectivity index (χ1n) is 18.3. The molecule has 46 heavy (non-hydrogen) atoms. The molecule has 6 nitrogen and oxygen atoms in total. The Morgan fingerprint density at radius 3 is 1.59 bits per heavy atom. The van der Waals surface area contributed by atoms with Gasteiger partial charge >= 0.3 is 0 Å². The second kappa shape index (κ2) is 34.1. The molecule has 0 aromatic heterocycles. The Kier molecular flexibility index (Phi) is 32.4. The molecule has 0 saturated heterocycles. The summed E-state index contributed by atoms with van der Waals surface area (Å²) in [5.74, 6) is -0.377. The van der Waals surface area contributed by atoms with E-state index in [1.54, 1.807) is 12.2 Å². The molecule has 0 fully saturated rings. The summed E-state index contributed by atoms with van der Waals surface area (Å²) in [7, 11) is 0. The number of allylic oxidation sites excluding steroid dienone is 11. The number of nitrogens with one attached hydrogen (secondary N) is 1. The quantitative estimate of drug-likeness (QED) is 0.0295. The molecule has 0 aromatic rings. The maximum Gasteiger partial charge on any atom is 0.220 e.